The van der Waals surface area contributed by atoms with Crippen LogP contribution < -0.4 is 4.80 Å². The smallest absolute Gasteiger partial charge is 0.318 e. The second kappa shape index (κ2) is 6.94. The van der Waals surface area contributed by atoms with Gasteiger partial charge in [0, 0.05) is 18.4 Å². The van der Waals surface area contributed by atoms with Crippen LogP contribution in [0.1, 0.15) is 27.4 Å². The van der Waals surface area contributed by atoms with Crippen molar-refractivity contribution in [1.29, 1.82) is 0 Å². The Balaban J connectivity index is 2.17. The number of benzene rings is 1. The minimum atomic E-state index is -0.394. The highest BCUT2D eigenvalue weighted by molar-refractivity contribution is 7.98. The molecule has 2 aromatic heterocycles. The van der Waals surface area contributed by atoms with Gasteiger partial charge in [0.15, 0.2) is 4.80 Å². The van der Waals surface area contributed by atoms with Gasteiger partial charge in [-0.2, -0.15) is 16.8 Å². The van der Waals surface area contributed by atoms with Crippen molar-refractivity contribution in [2.45, 2.75) is 27.3 Å². The zero-order chi connectivity index (χ0) is 17.3. The van der Waals surface area contributed by atoms with Gasteiger partial charge in [0.2, 0.25) is 5.76 Å². The summed E-state index contributed by atoms with van der Waals surface area (Å²) in [5.74, 6) is 0.741. The SMILES string of the molecule is CSCCn1c(=NC(=O)c2cc(C)no2)sc2c(C)cc(C)cc21. The third-order valence-electron chi connectivity index (χ3n) is 3.67. The monoisotopic (exact) mass is 361 g/mol. The molecule has 0 fully saturated rings. The Hall–Kier alpha value is -1.86. The first kappa shape index (κ1) is 17.0. The van der Waals surface area contributed by atoms with Gasteiger partial charge in [-0.1, -0.05) is 22.6 Å². The van der Waals surface area contributed by atoms with Crippen molar-refractivity contribution in [3.05, 3.63) is 45.6 Å². The van der Waals surface area contributed by atoms with E-state index < -0.39 is 5.91 Å². The number of carbonyl (C=O) groups excluding carboxylic acids is 1. The van der Waals surface area contributed by atoms with E-state index in [4.69, 9.17) is 4.52 Å². The third-order valence-corrected chi connectivity index (χ3v) is 5.49. The summed E-state index contributed by atoms with van der Waals surface area (Å²) >= 11 is 3.32. The minimum Gasteiger partial charge on any atom is -0.351 e. The Labute approximate surface area is 148 Å². The van der Waals surface area contributed by atoms with E-state index in [1.165, 1.54) is 15.8 Å². The highest BCUT2D eigenvalue weighted by Crippen LogP contribution is 2.23. The van der Waals surface area contributed by atoms with E-state index in [9.17, 15) is 4.79 Å². The van der Waals surface area contributed by atoms with Gasteiger partial charge in [0.25, 0.3) is 0 Å². The maximum Gasteiger partial charge on any atom is 0.318 e. The van der Waals surface area contributed by atoms with Crippen LogP contribution in [0.2, 0.25) is 0 Å². The van der Waals surface area contributed by atoms with E-state index >= 15 is 0 Å². The molecular formula is C17H19N3O2S2. The van der Waals surface area contributed by atoms with Crippen molar-refractivity contribution in [1.82, 2.24) is 9.72 Å². The lowest BCUT2D eigenvalue weighted by Gasteiger charge is -2.05. The topological polar surface area (TPSA) is 60.4 Å². The van der Waals surface area contributed by atoms with E-state index in [0.29, 0.717) is 10.5 Å². The molecule has 0 aliphatic carbocycles. The van der Waals surface area contributed by atoms with Crippen LogP contribution in [0.25, 0.3) is 10.2 Å². The first-order chi connectivity index (χ1) is 11.5. The molecule has 24 heavy (non-hydrogen) atoms. The van der Waals surface area contributed by atoms with E-state index in [0.717, 1.165) is 17.8 Å². The van der Waals surface area contributed by atoms with Gasteiger partial charge in [0.05, 0.1) is 15.9 Å². The molecule has 7 heteroatoms. The summed E-state index contributed by atoms with van der Waals surface area (Å²) in [5, 5.41) is 3.76. The molecule has 0 atom stereocenters. The molecule has 0 N–H and O–H groups in total. The average molecular weight is 361 g/mol. The molecule has 1 amide bonds. The number of aromatic nitrogens is 2. The third kappa shape index (κ3) is 3.32. The number of fused-ring (bicyclic) bond motifs is 1. The molecule has 0 radical (unpaired) electrons. The van der Waals surface area contributed by atoms with E-state index in [2.05, 4.69) is 47.0 Å². The van der Waals surface area contributed by atoms with Gasteiger partial charge in [-0.05, 0) is 44.2 Å². The molecule has 0 aliphatic heterocycles. The zero-order valence-corrected chi connectivity index (χ0v) is 15.8. The number of nitrogens with zero attached hydrogens (tertiary/aromatic N) is 3. The predicted octanol–water partition coefficient (Wildman–Crippen LogP) is 3.72. The number of thioether (sulfide) groups is 1. The molecule has 3 rings (SSSR count). The molecular weight excluding hydrogens is 342 g/mol. The number of hydrogen-bond donors (Lipinski definition) is 0. The Kier molecular flexibility index (Phi) is 4.91. The molecule has 0 unspecified atom stereocenters. The van der Waals surface area contributed by atoms with Crippen LogP contribution in [-0.4, -0.2) is 27.6 Å². The van der Waals surface area contributed by atoms with Crippen molar-refractivity contribution in [3.63, 3.8) is 0 Å². The highest BCUT2D eigenvalue weighted by Gasteiger charge is 2.14. The first-order valence-corrected chi connectivity index (χ1v) is 9.82. The van der Waals surface area contributed by atoms with Crippen molar-refractivity contribution in [2.24, 2.45) is 4.99 Å². The van der Waals surface area contributed by atoms with E-state index in [-0.39, 0.29) is 5.76 Å². The summed E-state index contributed by atoms with van der Waals surface area (Å²) in [6.07, 6.45) is 2.07. The minimum absolute atomic E-state index is 0.175. The number of carbonyl (C=O) groups is 1. The number of aryl methyl sites for hydroxylation is 4. The molecule has 0 saturated heterocycles. The molecule has 2 heterocycles. The molecule has 3 aromatic rings. The fourth-order valence-electron chi connectivity index (χ4n) is 2.60. The van der Waals surface area contributed by atoms with Crippen molar-refractivity contribution >= 4 is 39.2 Å². The first-order valence-electron chi connectivity index (χ1n) is 7.61. The lowest BCUT2D eigenvalue weighted by molar-refractivity contribution is 0.0962. The van der Waals surface area contributed by atoms with Crippen LogP contribution in [0.4, 0.5) is 0 Å². The molecule has 0 spiro atoms. The molecule has 0 aliphatic rings. The maximum atomic E-state index is 12.4. The summed E-state index contributed by atoms with van der Waals surface area (Å²) in [6, 6.07) is 5.92. The van der Waals surface area contributed by atoms with Gasteiger partial charge in [-0.3, -0.25) is 4.79 Å². The predicted molar refractivity (Wildman–Crippen MR) is 98.8 cm³/mol. The Bertz CT molecular complexity index is 966. The Morgan fingerprint density at radius 3 is 2.79 bits per heavy atom. The van der Waals surface area contributed by atoms with Crippen LogP contribution in [0.5, 0.6) is 0 Å². The molecule has 1 aromatic carbocycles. The van der Waals surface area contributed by atoms with Crippen molar-refractivity contribution < 1.29 is 9.32 Å². The van der Waals surface area contributed by atoms with Crippen LogP contribution in [0.3, 0.4) is 0 Å². The quantitative estimate of drug-likeness (QED) is 0.710. The van der Waals surface area contributed by atoms with Crippen molar-refractivity contribution in [3.8, 4) is 0 Å². The number of thiazole rings is 1. The summed E-state index contributed by atoms with van der Waals surface area (Å²) in [4.78, 5) is 17.4. The second-order valence-electron chi connectivity index (χ2n) is 5.71. The lowest BCUT2D eigenvalue weighted by atomic mass is 10.1. The second-order valence-corrected chi connectivity index (χ2v) is 7.67. The Morgan fingerprint density at radius 1 is 1.33 bits per heavy atom. The van der Waals surface area contributed by atoms with E-state index in [1.54, 1.807) is 36.1 Å². The standard InChI is InChI=1S/C17H19N3O2S2/c1-10-7-11(2)15-13(8-10)20(5-6-23-4)17(24-15)18-16(21)14-9-12(3)19-22-14/h7-9H,5-6H2,1-4H3. The fourth-order valence-corrected chi connectivity index (χ4v) is 4.07. The van der Waals surface area contributed by atoms with Crippen molar-refractivity contribution in [2.75, 3.05) is 12.0 Å². The van der Waals surface area contributed by atoms with Gasteiger partial charge in [0.1, 0.15) is 0 Å². The van der Waals surface area contributed by atoms with Gasteiger partial charge in [-0.25, -0.2) is 0 Å². The van der Waals surface area contributed by atoms with Gasteiger partial charge in [-0.15, -0.1) is 0 Å². The average Bonchev–Trinajstić information content (AvgIpc) is 3.10. The largest absolute Gasteiger partial charge is 0.351 e. The van der Waals surface area contributed by atoms with Crippen LogP contribution in [-0.2, 0) is 6.54 Å². The maximum absolute atomic E-state index is 12.4. The van der Waals surface area contributed by atoms with Gasteiger partial charge >= 0.3 is 5.91 Å². The van der Waals surface area contributed by atoms with Crippen LogP contribution in [0.15, 0.2) is 27.7 Å². The summed E-state index contributed by atoms with van der Waals surface area (Å²) in [5.41, 5.74) is 4.22. The summed E-state index contributed by atoms with van der Waals surface area (Å²) < 4.78 is 8.33. The highest BCUT2D eigenvalue weighted by atomic mass is 32.2. The fraction of sp³-hybridized carbons (Fsp3) is 0.353. The molecule has 0 bridgehead atoms. The summed E-state index contributed by atoms with van der Waals surface area (Å²) in [7, 11) is 0. The molecule has 5 nitrogen and oxygen atoms in total. The number of amides is 1. The van der Waals surface area contributed by atoms with E-state index in [1.807, 2.05) is 0 Å². The van der Waals surface area contributed by atoms with Gasteiger partial charge < -0.3 is 9.09 Å². The number of rotatable bonds is 4. The summed E-state index contributed by atoms with van der Waals surface area (Å²) in [6.45, 7) is 6.77. The lowest BCUT2D eigenvalue weighted by Crippen LogP contribution is -2.18. The van der Waals surface area contributed by atoms with Crippen LogP contribution in [0, 0.1) is 20.8 Å². The molecule has 126 valence electrons. The zero-order valence-electron chi connectivity index (χ0n) is 14.1. The number of hydrogen-bond acceptors (Lipinski definition) is 5. The van der Waals surface area contributed by atoms with Crippen LogP contribution >= 0.6 is 23.1 Å². The normalized spacial score (nSPS) is 12.2. The molecule has 0 saturated carbocycles. The Morgan fingerprint density at radius 2 is 2.12 bits per heavy atom.